The van der Waals surface area contributed by atoms with Gasteiger partial charge in [-0.3, -0.25) is 4.79 Å². The molecule has 0 aliphatic heterocycles. The molecule has 7 nitrogen and oxygen atoms in total. The average molecular weight is 490 g/mol. The van der Waals surface area contributed by atoms with Crippen molar-refractivity contribution >= 4 is 63.2 Å². The molecule has 32 heavy (non-hydrogen) atoms. The summed E-state index contributed by atoms with van der Waals surface area (Å²) in [4.78, 5) is 31.9. The second kappa shape index (κ2) is 8.90. The number of carbonyl (C=O) groups excluding carboxylic acids is 2. The number of thiophene rings is 1. The molecule has 10 heteroatoms. The van der Waals surface area contributed by atoms with Crippen LogP contribution in [0, 0.1) is 20.8 Å². The van der Waals surface area contributed by atoms with Crippen molar-refractivity contribution in [2.75, 3.05) is 11.9 Å². The summed E-state index contributed by atoms with van der Waals surface area (Å²) in [5, 5.41) is 7.47. The Balaban J connectivity index is 1.60. The van der Waals surface area contributed by atoms with Crippen LogP contribution in [0.4, 0.5) is 5.69 Å². The number of hydrogen-bond donors (Lipinski definition) is 1. The molecule has 0 unspecified atom stereocenters. The summed E-state index contributed by atoms with van der Waals surface area (Å²) in [5.74, 6) is -1.28. The number of esters is 1. The SMILES string of the molecule is Cc1cc(-c2cc(C(=O)OCC(=O)Nc3c(Cl)cccc3Cl)c3c(C)noc3n2)c(C)s1. The van der Waals surface area contributed by atoms with Gasteiger partial charge in [-0.05, 0) is 45.0 Å². The van der Waals surface area contributed by atoms with Gasteiger partial charge < -0.3 is 14.6 Å². The molecule has 0 fully saturated rings. The van der Waals surface area contributed by atoms with Gasteiger partial charge in [0.2, 0.25) is 0 Å². The summed E-state index contributed by atoms with van der Waals surface area (Å²) in [6, 6.07) is 8.46. The number of hydrogen-bond acceptors (Lipinski definition) is 7. The largest absolute Gasteiger partial charge is 0.452 e. The highest BCUT2D eigenvalue weighted by Crippen LogP contribution is 2.33. The lowest BCUT2D eigenvalue weighted by molar-refractivity contribution is -0.119. The predicted octanol–water partition coefficient (Wildman–Crippen LogP) is 5.98. The third kappa shape index (κ3) is 4.34. The number of para-hydroxylation sites is 1. The van der Waals surface area contributed by atoms with Gasteiger partial charge in [0.25, 0.3) is 11.6 Å². The van der Waals surface area contributed by atoms with E-state index in [2.05, 4.69) is 15.5 Å². The van der Waals surface area contributed by atoms with Gasteiger partial charge in [0.1, 0.15) is 0 Å². The Kier molecular flexibility index (Phi) is 6.19. The third-order valence-corrected chi connectivity index (χ3v) is 6.31. The topological polar surface area (TPSA) is 94.3 Å². The molecule has 0 atom stereocenters. The second-order valence-electron chi connectivity index (χ2n) is 7.05. The van der Waals surface area contributed by atoms with Gasteiger partial charge in [-0.25, -0.2) is 9.78 Å². The summed E-state index contributed by atoms with van der Waals surface area (Å²) < 4.78 is 10.6. The molecule has 1 amide bonds. The first-order valence-electron chi connectivity index (χ1n) is 9.50. The van der Waals surface area contributed by atoms with Crippen LogP contribution in [0.3, 0.4) is 0 Å². The number of aromatic nitrogens is 2. The number of halogens is 2. The fraction of sp³-hybridized carbons (Fsp3) is 0.182. The molecule has 0 aliphatic carbocycles. The molecule has 0 aliphatic rings. The number of fused-ring (bicyclic) bond motifs is 1. The minimum absolute atomic E-state index is 0.218. The Hall–Kier alpha value is -2.94. The number of aryl methyl sites for hydroxylation is 3. The third-order valence-electron chi connectivity index (χ3n) is 4.72. The smallest absolute Gasteiger partial charge is 0.339 e. The minimum atomic E-state index is -0.699. The monoisotopic (exact) mass is 489 g/mol. The number of nitrogens with one attached hydrogen (secondary N) is 1. The maximum Gasteiger partial charge on any atom is 0.339 e. The molecule has 0 saturated heterocycles. The lowest BCUT2D eigenvalue weighted by Gasteiger charge is -2.10. The molecule has 3 aromatic heterocycles. The van der Waals surface area contributed by atoms with Crippen LogP contribution in [0.5, 0.6) is 0 Å². The summed E-state index contributed by atoms with van der Waals surface area (Å²) in [5.41, 5.74) is 2.65. The number of carbonyl (C=O) groups is 2. The molecule has 1 aromatic carbocycles. The van der Waals surface area contributed by atoms with E-state index in [4.69, 9.17) is 32.5 Å². The average Bonchev–Trinajstić information content (AvgIpc) is 3.29. The fourth-order valence-corrected chi connectivity index (χ4v) is 4.71. The number of ether oxygens (including phenoxy) is 1. The van der Waals surface area contributed by atoms with Crippen LogP contribution >= 0.6 is 34.5 Å². The van der Waals surface area contributed by atoms with Crippen molar-refractivity contribution in [1.29, 1.82) is 0 Å². The minimum Gasteiger partial charge on any atom is -0.452 e. The van der Waals surface area contributed by atoms with Gasteiger partial charge in [-0.1, -0.05) is 34.4 Å². The molecule has 4 rings (SSSR count). The van der Waals surface area contributed by atoms with Crippen molar-refractivity contribution in [2.45, 2.75) is 20.8 Å². The Morgan fingerprint density at radius 1 is 1.16 bits per heavy atom. The van der Waals surface area contributed by atoms with Crippen LogP contribution < -0.4 is 5.32 Å². The summed E-state index contributed by atoms with van der Waals surface area (Å²) in [6.45, 7) is 5.15. The van der Waals surface area contributed by atoms with Gasteiger partial charge in [0, 0.05) is 15.3 Å². The second-order valence-corrected chi connectivity index (χ2v) is 9.33. The Morgan fingerprint density at radius 2 is 1.88 bits per heavy atom. The van der Waals surface area contributed by atoms with Crippen LogP contribution in [0.2, 0.25) is 10.0 Å². The van der Waals surface area contributed by atoms with Gasteiger partial charge in [-0.2, -0.15) is 0 Å². The number of anilines is 1. The van der Waals surface area contributed by atoms with Gasteiger partial charge in [0.05, 0.1) is 38.1 Å². The van der Waals surface area contributed by atoms with Gasteiger partial charge in [-0.15, -0.1) is 11.3 Å². The zero-order chi connectivity index (χ0) is 23.0. The van der Waals surface area contributed by atoms with E-state index < -0.39 is 18.5 Å². The zero-order valence-electron chi connectivity index (χ0n) is 17.3. The van der Waals surface area contributed by atoms with Gasteiger partial charge >= 0.3 is 5.97 Å². The molecule has 0 radical (unpaired) electrons. The maximum absolute atomic E-state index is 12.9. The van der Waals surface area contributed by atoms with Gasteiger partial charge in [0.15, 0.2) is 6.61 Å². The van der Waals surface area contributed by atoms with Crippen LogP contribution in [0.1, 0.15) is 25.8 Å². The number of benzene rings is 1. The molecule has 164 valence electrons. The standard InChI is InChI=1S/C22H17Cl2N3O4S/c1-10-7-13(12(3)32-10)17-8-14(19-11(2)27-31-21(19)25-17)22(29)30-9-18(28)26-20-15(23)5-4-6-16(20)24/h4-8H,9H2,1-3H3,(H,26,28). The Labute approximate surface area is 197 Å². The normalized spacial score (nSPS) is 11.0. The van der Waals surface area contributed by atoms with Crippen molar-refractivity contribution in [1.82, 2.24) is 10.1 Å². The van der Waals surface area contributed by atoms with Crippen molar-refractivity contribution < 1.29 is 18.8 Å². The molecule has 0 saturated carbocycles. The number of rotatable bonds is 5. The van der Waals surface area contributed by atoms with E-state index in [0.29, 0.717) is 16.8 Å². The van der Waals surface area contributed by atoms with Crippen molar-refractivity contribution in [3.8, 4) is 11.3 Å². The van der Waals surface area contributed by atoms with E-state index in [0.717, 1.165) is 15.3 Å². The zero-order valence-corrected chi connectivity index (χ0v) is 19.6. The van der Waals surface area contributed by atoms with Crippen molar-refractivity contribution in [2.24, 2.45) is 0 Å². The highest BCUT2D eigenvalue weighted by Gasteiger charge is 2.22. The molecular formula is C22H17Cl2N3O4S. The predicted molar refractivity (Wildman–Crippen MR) is 125 cm³/mol. The van der Waals surface area contributed by atoms with Crippen LogP contribution in [-0.4, -0.2) is 28.6 Å². The van der Waals surface area contributed by atoms with E-state index in [1.165, 1.54) is 0 Å². The number of amides is 1. The molecule has 3 heterocycles. The van der Waals surface area contributed by atoms with E-state index in [9.17, 15) is 9.59 Å². The van der Waals surface area contributed by atoms with Crippen LogP contribution in [0.25, 0.3) is 22.4 Å². The van der Waals surface area contributed by atoms with E-state index in [-0.39, 0.29) is 27.0 Å². The molecule has 4 aromatic rings. The maximum atomic E-state index is 12.9. The lowest BCUT2D eigenvalue weighted by atomic mass is 10.1. The van der Waals surface area contributed by atoms with Crippen LogP contribution in [-0.2, 0) is 9.53 Å². The van der Waals surface area contributed by atoms with Crippen molar-refractivity contribution in [3.63, 3.8) is 0 Å². The quantitative estimate of drug-likeness (QED) is 0.346. The number of nitrogens with zero attached hydrogens (tertiary/aromatic N) is 2. The summed E-state index contributed by atoms with van der Waals surface area (Å²) >= 11 is 13.8. The van der Waals surface area contributed by atoms with E-state index in [1.54, 1.807) is 42.5 Å². The number of pyridine rings is 1. The summed E-state index contributed by atoms with van der Waals surface area (Å²) in [6.07, 6.45) is 0. The van der Waals surface area contributed by atoms with E-state index >= 15 is 0 Å². The molecule has 0 spiro atoms. The lowest BCUT2D eigenvalue weighted by Crippen LogP contribution is -2.21. The highest BCUT2D eigenvalue weighted by molar-refractivity contribution is 7.12. The van der Waals surface area contributed by atoms with Crippen LogP contribution in [0.15, 0.2) is 34.9 Å². The molecular weight excluding hydrogens is 473 g/mol. The molecule has 1 N–H and O–H groups in total. The summed E-state index contributed by atoms with van der Waals surface area (Å²) in [7, 11) is 0. The van der Waals surface area contributed by atoms with Crippen molar-refractivity contribution in [3.05, 3.63) is 61.4 Å². The highest BCUT2D eigenvalue weighted by atomic mass is 35.5. The molecule has 0 bridgehead atoms. The fourth-order valence-electron chi connectivity index (χ4n) is 3.28. The Bertz CT molecular complexity index is 1340. The first-order chi connectivity index (χ1) is 15.2. The Morgan fingerprint density at radius 3 is 2.53 bits per heavy atom. The van der Waals surface area contributed by atoms with E-state index in [1.807, 2.05) is 19.9 Å². The first kappa shape index (κ1) is 22.3. The first-order valence-corrected chi connectivity index (χ1v) is 11.1.